The van der Waals surface area contributed by atoms with Crippen molar-refractivity contribution in [2.75, 3.05) is 0 Å². The van der Waals surface area contributed by atoms with Crippen molar-refractivity contribution in [1.82, 2.24) is 0 Å². The van der Waals surface area contributed by atoms with Gasteiger partial charge in [-0.05, 0) is 63.3 Å². The van der Waals surface area contributed by atoms with E-state index in [4.69, 9.17) is 0 Å². The van der Waals surface area contributed by atoms with Gasteiger partial charge in [-0.2, -0.15) is 5.26 Å². The zero-order valence-corrected chi connectivity index (χ0v) is 23.6. The van der Waals surface area contributed by atoms with Crippen molar-refractivity contribution in [3.8, 4) is 6.07 Å². The van der Waals surface area contributed by atoms with Gasteiger partial charge in [0.1, 0.15) is 0 Å². The normalized spacial score (nSPS) is 17.4. The molecule has 3 nitrogen and oxygen atoms in total. The molecule has 0 fully saturated rings. The van der Waals surface area contributed by atoms with E-state index >= 15 is 0 Å². The average molecular weight is 486 g/mol. The van der Waals surface area contributed by atoms with Crippen molar-refractivity contribution in [2.24, 2.45) is 10.8 Å². The van der Waals surface area contributed by atoms with Crippen molar-refractivity contribution in [3.63, 3.8) is 0 Å². The first-order chi connectivity index (χ1) is 17.0. The minimum atomic E-state index is -1.10. The van der Waals surface area contributed by atoms with Crippen LogP contribution >= 0.6 is 0 Å². The third kappa shape index (κ3) is 6.11. The van der Waals surface area contributed by atoms with Crippen molar-refractivity contribution >= 4 is 11.6 Å². The molecule has 0 saturated carbocycles. The molecule has 36 heavy (non-hydrogen) atoms. The largest absolute Gasteiger partial charge is 0.298 e. The lowest BCUT2D eigenvalue weighted by molar-refractivity contribution is -0.142. The Kier molecular flexibility index (Phi) is 11.3. The summed E-state index contributed by atoms with van der Waals surface area (Å²) in [5, 5.41) is 10.1. The third-order valence-electron chi connectivity index (χ3n) is 6.99. The zero-order valence-electron chi connectivity index (χ0n) is 23.6. The zero-order chi connectivity index (χ0) is 27.7. The monoisotopic (exact) mass is 485 g/mol. The Morgan fingerprint density at radius 1 is 0.833 bits per heavy atom. The van der Waals surface area contributed by atoms with Gasteiger partial charge in [0.15, 0.2) is 11.6 Å². The van der Waals surface area contributed by atoms with Crippen molar-refractivity contribution in [3.05, 3.63) is 95.1 Å². The Labute approximate surface area is 218 Å². The third-order valence-corrected chi connectivity index (χ3v) is 6.99. The molecule has 0 aliphatic heterocycles. The highest BCUT2D eigenvalue weighted by molar-refractivity contribution is 6.20. The number of nitrogens with zero attached hydrogens (tertiary/aromatic N) is 1. The first-order valence-electron chi connectivity index (χ1n) is 13.0. The number of allylic oxidation sites excluding steroid dienone is 3. The molecule has 0 N–H and O–H groups in total. The Bertz CT molecular complexity index is 1120. The van der Waals surface area contributed by atoms with Gasteiger partial charge in [0.25, 0.3) is 0 Å². The summed E-state index contributed by atoms with van der Waals surface area (Å²) in [7, 11) is 0. The molecule has 1 aliphatic rings. The lowest BCUT2D eigenvalue weighted by atomic mass is 9.59. The van der Waals surface area contributed by atoms with Crippen LogP contribution in [0, 0.1) is 22.2 Å². The quantitative estimate of drug-likeness (QED) is 0.385. The van der Waals surface area contributed by atoms with Gasteiger partial charge < -0.3 is 0 Å². The molecule has 2 aromatic carbocycles. The van der Waals surface area contributed by atoms with Crippen LogP contribution in [-0.4, -0.2) is 11.6 Å². The predicted molar refractivity (Wildman–Crippen MR) is 151 cm³/mol. The summed E-state index contributed by atoms with van der Waals surface area (Å²) in [4.78, 5) is 26.4. The predicted octanol–water partition coefficient (Wildman–Crippen LogP) is 8.60. The SMILES string of the molecule is C=C(CC(c1ccccc1)C(C#N)c1ccccc1)C1=C(C)C(C)(C)C(=O)C(C)(C)C1=O.CC.CC. The topological polar surface area (TPSA) is 57.9 Å². The van der Waals surface area contributed by atoms with Gasteiger partial charge in [-0.1, -0.05) is 94.9 Å². The fourth-order valence-electron chi connectivity index (χ4n) is 4.83. The lowest BCUT2D eigenvalue weighted by Crippen LogP contribution is -2.48. The van der Waals surface area contributed by atoms with E-state index in [9.17, 15) is 14.9 Å². The molecule has 0 amide bonds. The minimum Gasteiger partial charge on any atom is -0.298 e. The van der Waals surface area contributed by atoms with Crippen LogP contribution in [0.5, 0.6) is 0 Å². The number of hydrogen-bond donors (Lipinski definition) is 0. The van der Waals surface area contributed by atoms with E-state index in [2.05, 4.69) is 12.6 Å². The molecule has 0 radical (unpaired) electrons. The first kappa shape index (κ1) is 30.8. The summed E-state index contributed by atoms with van der Waals surface area (Å²) in [5.41, 5.74) is 2.13. The smallest absolute Gasteiger partial charge is 0.176 e. The number of benzene rings is 2. The van der Waals surface area contributed by atoms with Gasteiger partial charge >= 0.3 is 0 Å². The second kappa shape index (κ2) is 13.2. The van der Waals surface area contributed by atoms with E-state index in [1.807, 2.05) is 109 Å². The molecule has 0 saturated heterocycles. The van der Waals surface area contributed by atoms with Gasteiger partial charge in [-0.15, -0.1) is 0 Å². The maximum atomic E-state index is 13.4. The summed E-state index contributed by atoms with van der Waals surface area (Å²) in [6, 6.07) is 22.1. The summed E-state index contributed by atoms with van der Waals surface area (Å²) < 4.78 is 0. The van der Waals surface area contributed by atoms with E-state index in [-0.39, 0.29) is 17.5 Å². The van der Waals surface area contributed by atoms with Crippen LogP contribution in [0.25, 0.3) is 0 Å². The van der Waals surface area contributed by atoms with Crippen LogP contribution in [0.15, 0.2) is 84.0 Å². The number of Topliss-reactive ketones (excluding diaryl/α,β-unsaturated/α-hetero) is 2. The van der Waals surface area contributed by atoms with Gasteiger partial charge in [0.2, 0.25) is 0 Å². The van der Waals surface area contributed by atoms with Gasteiger partial charge in [-0.25, -0.2) is 0 Å². The van der Waals surface area contributed by atoms with Crippen LogP contribution in [-0.2, 0) is 9.59 Å². The average Bonchev–Trinajstić information content (AvgIpc) is 2.90. The Balaban J connectivity index is 0.00000154. The molecular formula is C33H43NO2. The van der Waals surface area contributed by atoms with Gasteiger partial charge in [0.05, 0.1) is 17.4 Å². The molecular weight excluding hydrogens is 442 g/mol. The van der Waals surface area contributed by atoms with E-state index in [0.717, 1.165) is 16.7 Å². The highest BCUT2D eigenvalue weighted by Crippen LogP contribution is 2.48. The van der Waals surface area contributed by atoms with E-state index < -0.39 is 16.7 Å². The molecule has 1 aliphatic carbocycles. The van der Waals surface area contributed by atoms with Crippen molar-refractivity contribution in [2.45, 2.75) is 80.6 Å². The number of hydrogen-bond acceptors (Lipinski definition) is 3. The Morgan fingerprint density at radius 2 is 1.28 bits per heavy atom. The van der Waals surface area contributed by atoms with Crippen LogP contribution in [0.3, 0.4) is 0 Å². The molecule has 3 heteroatoms. The van der Waals surface area contributed by atoms with E-state index in [1.165, 1.54) is 0 Å². The maximum Gasteiger partial charge on any atom is 0.176 e. The number of rotatable bonds is 6. The summed E-state index contributed by atoms with van der Waals surface area (Å²) in [6.07, 6.45) is 0.454. The minimum absolute atomic E-state index is 0.0668. The number of carbonyl (C=O) groups is 2. The summed E-state index contributed by atoms with van der Waals surface area (Å²) in [6.45, 7) is 21.3. The number of ketones is 2. The molecule has 2 atom stereocenters. The highest BCUT2D eigenvalue weighted by atomic mass is 16.2. The van der Waals surface area contributed by atoms with E-state index in [0.29, 0.717) is 17.6 Å². The molecule has 3 rings (SSSR count). The number of carbonyl (C=O) groups excluding carboxylic acids is 2. The fraction of sp³-hybridized carbons (Fsp3) is 0.424. The molecule has 0 aromatic heterocycles. The highest BCUT2D eigenvalue weighted by Gasteiger charge is 2.51. The summed E-state index contributed by atoms with van der Waals surface area (Å²) >= 11 is 0. The number of nitriles is 1. The molecule has 0 spiro atoms. The van der Waals surface area contributed by atoms with Gasteiger partial charge in [0, 0.05) is 16.9 Å². The van der Waals surface area contributed by atoms with Crippen LogP contribution in [0.1, 0.15) is 91.7 Å². The second-order valence-electron chi connectivity index (χ2n) is 9.75. The lowest BCUT2D eigenvalue weighted by Gasteiger charge is -2.41. The van der Waals surface area contributed by atoms with Crippen LogP contribution < -0.4 is 0 Å². The van der Waals surface area contributed by atoms with Crippen LogP contribution in [0.4, 0.5) is 0 Å². The Morgan fingerprint density at radius 3 is 1.72 bits per heavy atom. The van der Waals surface area contributed by atoms with Crippen molar-refractivity contribution in [1.29, 1.82) is 5.26 Å². The van der Waals surface area contributed by atoms with E-state index in [1.54, 1.807) is 13.8 Å². The fourth-order valence-corrected chi connectivity index (χ4v) is 4.83. The van der Waals surface area contributed by atoms with Gasteiger partial charge in [-0.3, -0.25) is 9.59 Å². The molecule has 2 unspecified atom stereocenters. The van der Waals surface area contributed by atoms with Crippen molar-refractivity contribution < 1.29 is 9.59 Å². The Hall–Kier alpha value is -3.25. The molecule has 0 heterocycles. The molecule has 192 valence electrons. The molecule has 2 aromatic rings. The second-order valence-corrected chi connectivity index (χ2v) is 9.75. The first-order valence-corrected chi connectivity index (χ1v) is 13.0. The standard InChI is InChI=1S/C29H31NO2.2C2H6/c1-19(25-20(2)28(3,4)27(32)29(5,6)26(25)31)17-23(21-13-9-7-10-14-21)24(18-30)22-15-11-8-12-16-22;2*1-2/h7-16,23-24H,1,17H2,2-6H3;2*1-2H3. The maximum absolute atomic E-state index is 13.4. The molecule has 0 bridgehead atoms. The summed E-state index contributed by atoms with van der Waals surface area (Å²) in [5.74, 6) is -0.808. The van der Waals surface area contributed by atoms with Crippen LogP contribution in [0.2, 0.25) is 0 Å².